The van der Waals surface area contributed by atoms with Crippen LogP contribution < -0.4 is 10.6 Å². The molecule has 0 saturated carbocycles. The minimum atomic E-state index is -0.438. The van der Waals surface area contributed by atoms with E-state index in [-0.39, 0.29) is 18.2 Å². The average Bonchev–Trinajstić information content (AvgIpc) is 3.12. The van der Waals surface area contributed by atoms with Crippen molar-refractivity contribution in [2.45, 2.75) is 0 Å². The highest BCUT2D eigenvalue weighted by molar-refractivity contribution is 6.30. The summed E-state index contributed by atoms with van der Waals surface area (Å²) in [4.78, 5) is 24.0. The van der Waals surface area contributed by atoms with E-state index in [4.69, 9.17) is 20.9 Å². The van der Waals surface area contributed by atoms with E-state index in [1.54, 1.807) is 48.5 Å². The lowest BCUT2D eigenvalue weighted by Crippen LogP contribution is -2.17. The number of nitrogens with one attached hydrogen (secondary N) is 2. The number of nitrogens with zero attached hydrogens (tertiary/aromatic N) is 1. The quantitative estimate of drug-likeness (QED) is 0.672. The standard InChI is InChI=1S/C19H16ClN3O4/c1-26-11-18(24)21-14-6-3-7-15(9-14)22-19(25)16-10-17(27-23-16)12-4-2-5-13(20)8-12/h2-10H,11H2,1H3,(H,21,24)(H,22,25). The van der Waals surface area contributed by atoms with Crippen LogP contribution >= 0.6 is 11.6 Å². The molecule has 1 aromatic heterocycles. The highest BCUT2D eigenvalue weighted by Gasteiger charge is 2.14. The molecule has 3 rings (SSSR count). The lowest BCUT2D eigenvalue weighted by molar-refractivity contribution is -0.119. The molecule has 0 aliphatic carbocycles. The van der Waals surface area contributed by atoms with Gasteiger partial charge in [0.2, 0.25) is 5.91 Å². The van der Waals surface area contributed by atoms with Crippen molar-refractivity contribution < 1.29 is 18.8 Å². The number of hydrogen-bond acceptors (Lipinski definition) is 5. The number of benzene rings is 2. The Kier molecular flexibility index (Phi) is 5.85. The number of rotatable bonds is 6. The highest BCUT2D eigenvalue weighted by Crippen LogP contribution is 2.24. The summed E-state index contributed by atoms with van der Waals surface area (Å²) in [6, 6.07) is 15.3. The molecule has 138 valence electrons. The third-order valence-electron chi connectivity index (χ3n) is 3.53. The summed E-state index contributed by atoms with van der Waals surface area (Å²) in [6.45, 7) is -0.0538. The molecule has 8 heteroatoms. The van der Waals surface area contributed by atoms with Gasteiger partial charge in [-0.3, -0.25) is 9.59 Å². The number of hydrogen-bond donors (Lipinski definition) is 2. The highest BCUT2D eigenvalue weighted by atomic mass is 35.5. The van der Waals surface area contributed by atoms with Crippen LogP contribution in [0.1, 0.15) is 10.5 Å². The number of amides is 2. The molecule has 0 fully saturated rings. The Labute approximate surface area is 160 Å². The molecule has 2 aromatic carbocycles. The first-order valence-electron chi connectivity index (χ1n) is 7.98. The van der Waals surface area contributed by atoms with Crippen LogP contribution in [0.3, 0.4) is 0 Å². The Morgan fingerprint density at radius 3 is 2.56 bits per heavy atom. The van der Waals surface area contributed by atoms with Crippen molar-refractivity contribution in [2.75, 3.05) is 24.4 Å². The van der Waals surface area contributed by atoms with Gasteiger partial charge in [0.15, 0.2) is 11.5 Å². The third kappa shape index (κ3) is 4.93. The number of aromatic nitrogens is 1. The SMILES string of the molecule is COCC(=O)Nc1cccc(NC(=O)c2cc(-c3cccc(Cl)c3)on2)c1. The zero-order valence-corrected chi connectivity index (χ0v) is 15.1. The van der Waals surface area contributed by atoms with Crippen LogP contribution in [0.5, 0.6) is 0 Å². The average molecular weight is 386 g/mol. The molecule has 0 aliphatic heterocycles. The zero-order chi connectivity index (χ0) is 19.2. The largest absolute Gasteiger partial charge is 0.375 e. The van der Waals surface area contributed by atoms with Gasteiger partial charge in [0, 0.05) is 35.1 Å². The summed E-state index contributed by atoms with van der Waals surface area (Å²) >= 11 is 5.96. The summed E-state index contributed by atoms with van der Waals surface area (Å²) in [5.41, 5.74) is 1.88. The zero-order valence-electron chi connectivity index (χ0n) is 14.4. The van der Waals surface area contributed by atoms with Crippen molar-refractivity contribution in [3.05, 3.63) is 65.3 Å². The fourth-order valence-corrected chi connectivity index (χ4v) is 2.55. The molecule has 0 bridgehead atoms. The van der Waals surface area contributed by atoms with E-state index >= 15 is 0 Å². The Hall–Kier alpha value is -3.16. The molecular formula is C19H16ClN3O4. The van der Waals surface area contributed by atoms with Crippen molar-refractivity contribution in [1.29, 1.82) is 0 Å². The van der Waals surface area contributed by atoms with Crippen molar-refractivity contribution in [3.8, 4) is 11.3 Å². The Bertz CT molecular complexity index is 971. The van der Waals surface area contributed by atoms with Crippen molar-refractivity contribution in [3.63, 3.8) is 0 Å². The molecule has 2 N–H and O–H groups in total. The van der Waals surface area contributed by atoms with Crippen LogP contribution in [0.2, 0.25) is 5.02 Å². The first-order chi connectivity index (χ1) is 13.0. The molecule has 0 radical (unpaired) electrons. The molecule has 0 aliphatic rings. The molecule has 0 unspecified atom stereocenters. The van der Waals surface area contributed by atoms with Crippen LogP contribution in [0.4, 0.5) is 11.4 Å². The predicted molar refractivity (Wildman–Crippen MR) is 102 cm³/mol. The fraction of sp³-hybridized carbons (Fsp3) is 0.105. The summed E-state index contributed by atoms with van der Waals surface area (Å²) in [7, 11) is 1.44. The summed E-state index contributed by atoms with van der Waals surface area (Å²) in [5, 5.41) is 9.73. The molecule has 1 heterocycles. The fourth-order valence-electron chi connectivity index (χ4n) is 2.36. The van der Waals surface area contributed by atoms with Gasteiger partial charge in [0.05, 0.1) is 0 Å². The van der Waals surface area contributed by atoms with E-state index in [0.29, 0.717) is 22.2 Å². The van der Waals surface area contributed by atoms with Crippen LogP contribution in [0.25, 0.3) is 11.3 Å². The number of halogens is 1. The van der Waals surface area contributed by atoms with E-state index in [9.17, 15) is 9.59 Å². The second-order valence-electron chi connectivity index (χ2n) is 5.60. The first-order valence-corrected chi connectivity index (χ1v) is 8.36. The van der Waals surface area contributed by atoms with Gasteiger partial charge in [-0.05, 0) is 30.3 Å². The number of carbonyl (C=O) groups excluding carboxylic acids is 2. The maximum atomic E-state index is 12.4. The lowest BCUT2D eigenvalue weighted by Gasteiger charge is -2.07. The first kappa shape index (κ1) is 18.6. The number of ether oxygens (including phenoxy) is 1. The van der Waals surface area contributed by atoms with E-state index < -0.39 is 5.91 Å². The monoisotopic (exact) mass is 385 g/mol. The van der Waals surface area contributed by atoms with Crippen molar-refractivity contribution in [1.82, 2.24) is 5.16 Å². The third-order valence-corrected chi connectivity index (χ3v) is 3.77. The maximum absolute atomic E-state index is 12.4. The van der Waals surface area contributed by atoms with Crippen LogP contribution in [0.15, 0.2) is 59.1 Å². The number of methoxy groups -OCH3 is 1. The van der Waals surface area contributed by atoms with E-state index in [0.717, 1.165) is 5.56 Å². The molecule has 0 saturated heterocycles. The van der Waals surface area contributed by atoms with Gasteiger partial charge >= 0.3 is 0 Å². The van der Waals surface area contributed by atoms with Gasteiger partial charge in [0.1, 0.15) is 6.61 Å². The number of carbonyl (C=O) groups is 2. The minimum Gasteiger partial charge on any atom is -0.375 e. The molecule has 2 amide bonds. The summed E-state index contributed by atoms with van der Waals surface area (Å²) in [6.07, 6.45) is 0. The maximum Gasteiger partial charge on any atom is 0.277 e. The van der Waals surface area contributed by atoms with E-state index in [2.05, 4.69) is 15.8 Å². The second-order valence-corrected chi connectivity index (χ2v) is 6.04. The number of anilines is 2. The molecule has 27 heavy (non-hydrogen) atoms. The van der Waals surface area contributed by atoms with Crippen molar-refractivity contribution in [2.24, 2.45) is 0 Å². The van der Waals surface area contributed by atoms with Gasteiger partial charge < -0.3 is 19.9 Å². The van der Waals surface area contributed by atoms with Gasteiger partial charge in [0.25, 0.3) is 5.91 Å². The van der Waals surface area contributed by atoms with Gasteiger partial charge in [-0.15, -0.1) is 0 Å². The van der Waals surface area contributed by atoms with Crippen LogP contribution in [-0.4, -0.2) is 30.7 Å². The topological polar surface area (TPSA) is 93.5 Å². The Morgan fingerprint density at radius 1 is 1.07 bits per heavy atom. The van der Waals surface area contributed by atoms with Gasteiger partial charge in [-0.25, -0.2) is 0 Å². The summed E-state index contributed by atoms with van der Waals surface area (Å²) in [5.74, 6) is -0.292. The van der Waals surface area contributed by atoms with Gasteiger partial charge in [-0.2, -0.15) is 0 Å². The van der Waals surface area contributed by atoms with Gasteiger partial charge in [-0.1, -0.05) is 35.0 Å². The predicted octanol–water partition coefficient (Wildman–Crippen LogP) is 3.83. The normalized spacial score (nSPS) is 10.4. The smallest absolute Gasteiger partial charge is 0.277 e. The molecule has 0 spiro atoms. The van der Waals surface area contributed by atoms with Crippen molar-refractivity contribution >= 4 is 34.8 Å². The molecular weight excluding hydrogens is 370 g/mol. The minimum absolute atomic E-state index is 0.0538. The molecule has 7 nitrogen and oxygen atoms in total. The van der Waals surface area contributed by atoms with E-state index in [1.807, 2.05) is 0 Å². The molecule has 0 atom stereocenters. The van der Waals surface area contributed by atoms with Crippen LogP contribution in [-0.2, 0) is 9.53 Å². The lowest BCUT2D eigenvalue weighted by atomic mass is 10.1. The Morgan fingerprint density at radius 2 is 1.81 bits per heavy atom. The Balaban J connectivity index is 1.70. The van der Waals surface area contributed by atoms with E-state index in [1.165, 1.54) is 13.2 Å². The second kappa shape index (κ2) is 8.48. The summed E-state index contributed by atoms with van der Waals surface area (Å²) < 4.78 is 9.99. The molecule has 3 aromatic rings. The van der Waals surface area contributed by atoms with Crippen LogP contribution in [0, 0.1) is 0 Å².